The number of pyridine rings is 2. The third-order valence-corrected chi connectivity index (χ3v) is 6.44. The molecule has 0 radical (unpaired) electrons. The Kier molecular flexibility index (Phi) is 6.79. The lowest BCUT2D eigenvalue weighted by molar-refractivity contribution is -0.141. The van der Waals surface area contributed by atoms with Gasteiger partial charge in [0, 0.05) is 37.9 Å². The molecule has 1 N–H and O–H groups in total. The van der Waals surface area contributed by atoms with Crippen LogP contribution >= 0.6 is 12.4 Å². The number of nitrogens with zero attached hydrogens (tertiary/aromatic N) is 5. The number of piperidine rings is 1. The third kappa shape index (κ3) is 4.73. The first-order valence-electron chi connectivity index (χ1n) is 10.9. The minimum absolute atomic E-state index is 0. The van der Waals surface area contributed by atoms with E-state index in [1.54, 1.807) is 15.2 Å². The summed E-state index contributed by atoms with van der Waals surface area (Å²) < 4.78 is 41.2. The maximum atomic E-state index is 12.6. The minimum Gasteiger partial charge on any atom is -0.310 e. The van der Waals surface area contributed by atoms with E-state index in [0.29, 0.717) is 36.4 Å². The van der Waals surface area contributed by atoms with Crippen LogP contribution in [0.2, 0.25) is 0 Å². The van der Waals surface area contributed by atoms with Gasteiger partial charge in [0.25, 0.3) is 11.1 Å². The van der Waals surface area contributed by atoms with Gasteiger partial charge >= 0.3 is 6.18 Å². The predicted octanol–water partition coefficient (Wildman–Crippen LogP) is 2.20. The molecule has 5 heterocycles. The van der Waals surface area contributed by atoms with E-state index in [2.05, 4.69) is 20.2 Å². The number of hydrogen-bond donors (Lipinski definition) is 1. The average molecular weight is 497 g/mol. The Bertz CT molecular complexity index is 1280. The van der Waals surface area contributed by atoms with E-state index in [4.69, 9.17) is 0 Å². The molecule has 0 spiro atoms. The van der Waals surface area contributed by atoms with Crippen molar-refractivity contribution in [1.82, 2.24) is 29.3 Å². The lowest BCUT2D eigenvalue weighted by Crippen LogP contribution is -2.44. The lowest BCUT2D eigenvalue weighted by atomic mass is 10.0. The number of nitrogens with one attached hydrogen (secondary N) is 1. The fourth-order valence-electron chi connectivity index (χ4n) is 4.74. The van der Waals surface area contributed by atoms with Crippen LogP contribution in [0.4, 0.5) is 13.2 Å². The highest BCUT2D eigenvalue weighted by molar-refractivity contribution is 5.85. The van der Waals surface area contributed by atoms with Gasteiger partial charge in [0.05, 0.1) is 12.2 Å². The van der Waals surface area contributed by atoms with Crippen molar-refractivity contribution >= 4 is 23.6 Å². The van der Waals surface area contributed by atoms with Crippen LogP contribution in [0.25, 0.3) is 11.2 Å². The molecule has 34 heavy (non-hydrogen) atoms. The molecule has 1 atom stereocenters. The molecule has 12 heteroatoms. The van der Waals surface area contributed by atoms with Crippen molar-refractivity contribution in [1.29, 1.82) is 0 Å². The molecule has 1 saturated heterocycles. The van der Waals surface area contributed by atoms with E-state index < -0.39 is 11.9 Å². The zero-order valence-electron chi connectivity index (χ0n) is 18.2. The number of halogens is 4. The SMILES string of the molecule is Cl.O=c1ccc2ncc(=O)n3c2n1C[C@H]3CN1CCC(NCc2ccc(C(F)(F)F)nc2)CC1. The van der Waals surface area contributed by atoms with Gasteiger partial charge in [-0.3, -0.25) is 23.7 Å². The molecule has 0 bridgehead atoms. The molecular weight excluding hydrogens is 473 g/mol. The Balaban J connectivity index is 0.00000274. The molecule has 1 fully saturated rings. The second kappa shape index (κ2) is 9.47. The first kappa shape index (κ1) is 24.4. The van der Waals surface area contributed by atoms with Crippen molar-refractivity contribution in [3.63, 3.8) is 0 Å². The van der Waals surface area contributed by atoms with Gasteiger partial charge in [-0.15, -0.1) is 12.4 Å². The van der Waals surface area contributed by atoms with Crippen LogP contribution in [0.15, 0.2) is 46.2 Å². The fourth-order valence-corrected chi connectivity index (χ4v) is 4.74. The zero-order valence-corrected chi connectivity index (χ0v) is 19.0. The Labute approximate surface area is 198 Å². The van der Waals surface area contributed by atoms with Crippen molar-refractivity contribution in [2.75, 3.05) is 19.6 Å². The van der Waals surface area contributed by atoms with E-state index >= 15 is 0 Å². The standard InChI is InChI=1S/C22H23F3N6O2.ClH/c23-22(24,25)18-3-1-14(10-28-18)9-26-15-5-7-29(8-6-15)12-16-13-30-19(32)4-2-17-21(30)31(16)20(33)11-27-17;/h1-4,10-11,15-16,26H,5-9,12-13H2;1H/t16-;/m1./s1. The molecule has 3 aromatic heterocycles. The molecule has 0 amide bonds. The van der Waals surface area contributed by atoms with Crippen LogP contribution < -0.4 is 16.4 Å². The minimum atomic E-state index is -4.43. The highest BCUT2D eigenvalue weighted by Crippen LogP contribution is 2.27. The van der Waals surface area contributed by atoms with Gasteiger partial charge in [-0.2, -0.15) is 13.2 Å². The predicted molar refractivity (Wildman–Crippen MR) is 122 cm³/mol. The van der Waals surface area contributed by atoms with Crippen molar-refractivity contribution in [3.05, 3.63) is 68.6 Å². The first-order chi connectivity index (χ1) is 15.8. The van der Waals surface area contributed by atoms with Crippen molar-refractivity contribution in [2.24, 2.45) is 0 Å². The molecular formula is C22H24ClF3N6O2. The van der Waals surface area contributed by atoms with E-state index in [1.165, 1.54) is 24.5 Å². The highest BCUT2D eigenvalue weighted by Gasteiger charge is 2.32. The molecule has 8 nitrogen and oxygen atoms in total. The van der Waals surface area contributed by atoms with Crippen LogP contribution in [0.3, 0.4) is 0 Å². The van der Waals surface area contributed by atoms with Gasteiger partial charge in [-0.05, 0) is 43.6 Å². The van der Waals surface area contributed by atoms with Gasteiger partial charge in [-0.1, -0.05) is 6.07 Å². The summed E-state index contributed by atoms with van der Waals surface area (Å²) in [7, 11) is 0. The van der Waals surface area contributed by atoms with Gasteiger partial charge in [0.15, 0.2) is 0 Å². The summed E-state index contributed by atoms with van der Waals surface area (Å²) in [6, 6.07) is 5.71. The molecule has 0 unspecified atom stereocenters. The zero-order chi connectivity index (χ0) is 23.2. The number of alkyl halides is 3. The van der Waals surface area contributed by atoms with Gasteiger partial charge in [0.1, 0.15) is 16.9 Å². The highest BCUT2D eigenvalue weighted by atomic mass is 35.5. The molecule has 0 aromatic carbocycles. The summed E-state index contributed by atoms with van der Waals surface area (Å²) in [6.45, 7) is 3.23. The number of aromatic nitrogens is 4. The Hall–Kier alpha value is -2.76. The van der Waals surface area contributed by atoms with E-state index in [0.717, 1.165) is 32.0 Å². The van der Waals surface area contributed by atoms with Crippen LogP contribution in [-0.2, 0) is 19.3 Å². The van der Waals surface area contributed by atoms with Gasteiger partial charge < -0.3 is 10.2 Å². The topological polar surface area (TPSA) is 85.0 Å². The van der Waals surface area contributed by atoms with Crippen molar-refractivity contribution < 1.29 is 13.2 Å². The third-order valence-electron chi connectivity index (χ3n) is 6.44. The van der Waals surface area contributed by atoms with Crippen LogP contribution in [0.1, 0.15) is 30.1 Å². The molecule has 2 aliphatic rings. The molecule has 0 saturated carbocycles. The summed E-state index contributed by atoms with van der Waals surface area (Å²) in [5.74, 6) is 0. The number of likely N-dealkylation sites (tertiary alicyclic amines) is 1. The monoisotopic (exact) mass is 496 g/mol. The summed E-state index contributed by atoms with van der Waals surface area (Å²) in [6.07, 6.45) is -0.0946. The molecule has 0 aliphatic carbocycles. The summed E-state index contributed by atoms with van der Waals surface area (Å²) in [5, 5.41) is 3.40. The van der Waals surface area contributed by atoms with Crippen LogP contribution in [-0.4, -0.2) is 49.7 Å². The average Bonchev–Trinajstić information content (AvgIpc) is 3.18. The van der Waals surface area contributed by atoms with Crippen molar-refractivity contribution in [2.45, 2.75) is 44.2 Å². The molecule has 2 aliphatic heterocycles. The first-order valence-corrected chi connectivity index (χ1v) is 10.9. The van der Waals surface area contributed by atoms with Crippen molar-refractivity contribution in [3.8, 4) is 0 Å². The summed E-state index contributed by atoms with van der Waals surface area (Å²) >= 11 is 0. The summed E-state index contributed by atoms with van der Waals surface area (Å²) in [5.41, 5.74) is 0.707. The number of rotatable bonds is 5. The molecule has 182 valence electrons. The van der Waals surface area contributed by atoms with Gasteiger partial charge in [0.2, 0.25) is 0 Å². The van der Waals surface area contributed by atoms with E-state index in [9.17, 15) is 22.8 Å². The lowest BCUT2D eigenvalue weighted by Gasteiger charge is -2.34. The Morgan fingerprint density at radius 2 is 1.76 bits per heavy atom. The van der Waals surface area contributed by atoms with Gasteiger partial charge in [-0.25, -0.2) is 4.98 Å². The Morgan fingerprint density at radius 3 is 2.44 bits per heavy atom. The van der Waals surface area contributed by atoms with Crippen LogP contribution in [0.5, 0.6) is 0 Å². The van der Waals surface area contributed by atoms with Crippen LogP contribution in [0, 0.1) is 0 Å². The van der Waals surface area contributed by atoms with E-state index in [-0.39, 0.29) is 35.6 Å². The largest absolute Gasteiger partial charge is 0.433 e. The molecule has 3 aromatic rings. The maximum absolute atomic E-state index is 12.6. The quantitative estimate of drug-likeness (QED) is 0.583. The summed E-state index contributed by atoms with van der Waals surface area (Å²) in [4.78, 5) is 34.7. The second-order valence-electron chi connectivity index (χ2n) is 8.62. The molecule has 5 rings (SSSR count). The number of hydrogen-bond acceptors (Lipinski definition) is 6. The second-order valence-corrected chi connectivity index (χ2v) is 8.62. The normalized spacial score (nSPS) is 18.9. The fraction of sp³-hybridized carbons (Fsp3) is 0.455. The van der Waals surface area contributed by atoms with E-state index in [1.807, 2.05) is 0 Å². The smallest absolute Gasteiger partial charge is 0.310 e. The Morgan fingerprint density at radius 1 is 1.00 bits per heavy atom. The maximum Gasteiger partial charge on any atom is 0.433 e.